The first kappa shape index (κ1) is 23.1. The summed E-state index contributed by atoms with van der Waals surface area (Å²) in [4.78, 5) is 12.4. The first-order valence-corrected chi connectivity index (χ1v) is 10.8. The number of aliphatic hydroxyl groups is 1. The monoisotopic (exact) mass is 426 g/mol. The molecule has 1 aliphatic rings. The summed E-state index contributed by atoms with van der Waals surface area (Å²) in [6.07, 6.45) is 1.19. The molecule has 0 heterocycles. The van der Waals surface area contributed by atoms with Gasteiger partial charge in [0.2, 0.25) is 0 Å². The summed E-state index contributed by atoms with van der Waals surface area (Å²) in [6, 6.07) is 17.4. The number of aliphatic hydroxyl groups excluding tert-OH is 1. The maximum atomic E-state index is 12.4. The highest BCUT2D eigenvalue weighted by atomic mass is 16.6. The third kappa shape index (κ3) is 6.71. The molecule has 0 aromatic heterocycles. The summed E-state index contributed by atoms with van der Waals surface area (Å²) in [6.45, 7) is 5.82. The first-order chi connectivity index (χ1) is 14.7. The van der Waals surface area contributed by atoms with Crippen molar-refractivity contribution in [2.24, 2.45) is 0 Å². The van der Waals surface area contributed by atoms with Crippen LogP contribution in [-0.4, -0.2) is 42.6 Å². The van der Waals surface area contributed by atoms with Gasteiger partial charge in [0.15, 0.2) is 0 Å². The Kier molecular flexibility index (Phi) is 7.23. The molecule has 1 aliphatic carbocycles. The fraction of sp³-hybridized carbons (Fsp3) is 0.480. The third-order valence-corrected chi connectivity index (χ3v) is 5.49. The Morgan fingerprint density at radius 3 is 2.45 bits per heavy atom. The van der Waals surface area contributed by atoms with Gasteiger partial charge >= 0.3 is 6.09 Å². The van der Waals surface area contributed by atoms with Gasteiger partial charge in [-0.2, -0.15) is 0 Å². The molecule has 2 aromatic rings. The number of rotatable bonds is 9. The van der Waals surface area contributed by atoms with Crippen LogP contribution in [0, 0.1) is 0 Å². The lowest BCUT2D eigenvalue weighted by molar-refractivity contribution is 0.0419. The SMILES string of the molecule is COc1cccc(C2(NC[C@@H](O)[C@H](Cc3ccccc3)NC(=O)OC(C)(C)C)CC2)c1. The van der Waals surface area contributed by atoms with Gasteiger partial charge in [0.1, 0.15) is 11.4 Å². The molecular formula is C25H34N2O4. The molecule has 2 atom stereocenters. The van der Waals surface area contributed by atoms with Gasteiger partial charge in [-0.1, -0.05) is 42.5 Å². The average Bonchev–Trinajstić information content (AvgIpc) is 3.52. The van der Waals surface area contributed by atoms with Crippen molar-refractivity contribution >= 4 is 6.09 Å². The van der Waals surface area contributed by atoms with Crippen LogP contribution >= 0.6 is 0 Å². The lowest BCUT2D eigenvalue weighted by atomic mass is 9.99. The van der Waals surface area contributed by atoms with E-state index < -0.39 is 23.8 Å². The van der Waals surface area contributed by atoms with Crippen LogP contribution in [0.2, 0.25) is 0 Å². The van der Waals surface area contributed by atoms with Crippen LogP contribution in [0.4, 0.5) is 4.79 Å². The Balaban J connectivity index is 1.67. The second-order valence-electron chi connectivity index (χ2n) is 9.20. The summed E-state index contributed by atoms with van der Waals surface area (Å²) < 4.78 is 10.8. The molecule has 1 saturated carbocycles. The van der Waals surface area contributed by atoms with Crippen LogP contribution in [-0.2, 0) is 16.7 Å². The van der Waals surface area contributed by atoms with Crippen molar-refractivity contribution in [1.29, 1.82) is 0 Å². The predicted molar refractivity (Wildman–Crippen MR) is 121 cm³/mol. The van der Waals surface area contributed by atoms with E-state index in [4.69, 9.17) is 9.47 Å². The number of hydrogen-bond donors (Lipinski definition) is 3. The molecule has 0 aliphatic heterocycles. The molecular weight excluding hydrogens is 392 g/mol. The molecule has 2 aromatic carbocycles. The predicted octanol–water partition coefficient (Wildman–Crippen LogP) is 3.77. The van der Waals surface area contributed by atoms with Crippen molar-refractivity contribution in [3.05, 3.63) is 65.7 Å². The summed E-state index contributed by atoms with van der Waals surface area (Å²) >= 11 is 0. The number of nitrogens with one attached hydrogen (secondary N) is 2. The van der Waals surface area contributed by atoms with Crippen molar-refractivity contribution in [2.75, 3.05) is 13.7 Å². The zero-order valence-electron chi connectivity index (χ0n) is 18.9. The number of benzene rings is 2. The van der Waals surface area contributed by atoms with E-state index in [1.807, 2.05) is 69.3 Å². The average molecular weight is 427 g/mol. The van der Waals surface area contributed by atoms with Gasteiger partial charge in [-0.05, 0) is 63.3 Å². The van der Waals surface area contributed by atoms with E-state index in [-0.39, 0.29) is 5.54 Å². The van der Waals surface area contributed by atoms with E-state index in [9.17, 15) is 9.90 Å². The Morgan fingerprint density at radius 1 is 1.13 bits per heavy atom. The minimum atomic E-state index is -0.782. The molecule has 0 saturated heterocycles. The van der Waals surface area contributed by atoms with Crippen LogP contribution in [0.3, 0.4) is 0 Å². The van der Waals surface area contributed by atoms with Gasteiger partial charge in [0.05, 0.1) is 19.3 Å². The molecule has 6 heteroatoms. The van der Waals surface area contributed by atoms with Crippen LogP contribution in [0.1, 0.15) is 44.7 Å². The van der Waals surface area contributed by atoms with Gasteiger partial charge < -0.3 is 25.2 Å². The summed E-state index contributed by atoms with van der Waals surface area (Å²) in [5.74, 6) is 0.819. The fourth-order valence-electron chi connectivity index (χ4n) is 3.67. The number of carbonyl (C=O) groups excluding carboxylic acids is 1. The number of methoxy groups -OCH3 is 1. The number of ether oxygens (including phenoxy) is 2. The van der Waals surface area contributed by atoms with Gasteiger partial charge in [-0.15, -0.1) is 0 Å². The van der Waals surface area contributed by atoms with E-state index in [0.717, 1.165) is 29.7 Å². The van der Waals surface area contributed by atoms with Crippen molar-refractivity contribution in [3.8, 4) is 5.75 Å². The molecule has 3 N–H and O–H groups in total. The van der Waals surface area contributed by atoms with E-state index in [1.165, 1.54) is 0 Å². The van der Waals surface area contributed by atoms with Gasteiger partial charge in [-0.25, -0.2) is 4.79 Å². The van der Waals surface area contributed by atoms with E-state index in [2.05, 4.69) is 16.7 Å². The molecule has 0 spiro atoms. The Morgan fingerprint density at radius 2 is 1.84 bits per heavy atom. The zero-order valence-corrected chi connectivity index (χ0v) is 18.9. The zero-order chi connectivity index (χ0) is 22.5. The Labute approximate surface area is 185 Å². The summed E-state index contributed by atoms with van der Waals surface area (Å²) in [7, 11) is 1.66. The van der Waals surface area contributed by atoms with E-state index in [1.54, 1.807) is 7.11 Å². The van der Waals surface area contributed by atoms with Crippen molar-refractivity contribution in [1.82, 2.24) is 10.6 Å². The molecule has 6 nitrogen and oxygen atoms in total. The minimum Gasteiger partial charge on any atom is -0.497 e. The molecule has 1 fully saturated rings. The third-order valence-electron chi connectivity index (χ3n) is 5.49. The molecule has 0 unspecified atom stereocenters. The maximum Gasteiger partial charge on any atom is 0.407 e. The van der Waals surface area contributed by atoms with Crippen LogP contribution in [0.5, 0.6) is 5.75 Å². The van der Waals surface area contributed by atoms with E-state index in [0.29, 0.717) is 13.0 Å². The molecule has 31 heavy (non-hydrogen) atoms. The maximum absolute atomic E-state index is 12.4. The van der Waals surface area contributed by atoms with Crippen LogP contribution < -0.4 is 15.4 Å². The van der Waals surface area contributed by atoms with Crippen molar-refractivity contribution < 1.29 is 19.4 Å². The lowest BCUT2D eigenvalue weighted by Gasteiger charge is -2.28. The van der Waals surface area contributed by atoms with Crippen molar-refractivity contribution in [3.63, 3.8) is 0 Å². The minimum absolute atomic E-state index is 0.154. The number of carbonyl (C=O) groups is 1. The van der Waals surface area contributed by atoms with Crippen LogP contribution in [0.25, 0.3) is 0 Å². The topological polar surface area (TPSA) is 79.8 Å². The normalized spacial score (nSPS) is 16.8. The van der Waals surface area contributed by atoms with Gasteiger partial charge in [-0.3, -0.25) is 0 Å². The summed E-state index contributed by atoms with van der Waals surface area (Å²) in [5, 5.41) is 17.4. The number of hydrogen-bond acceptors (Lipinski definition) is 5. The highest BCUT2D eigenvalue weighted by Crippen LogP contribution is 2.46. The standard InChI is InChI=1S/C25H34N2O4/c1-24(2,3)31-23(29)27-21(15-18-9-6-5-7-10-18)22(28)17-26-25(13-14-25)19-11-8-12-20(16-19)30-4/h5-12,16,21-22,26,28H,13-15,17H2,1-4H3,(H,27,29)/t21-,22+/m0/s1. The quantitative estimate of drug-likeness (QED) is 0.569. The summed E-state index contributed by atoms with van der Waals surface area (Å²) in [5.41, 5.74) is 1.43. The van der Waals surface area contributed by atoms with Gasteiger partial charge in [0, 0.05) is 12.1 Å². The fourth-order valence-corrected chi connectivity index (χ4v) is 3.67. The molecule has 0 bridgehead atoms. The second kappa shape index (κ2) is 9.71. The largest absolute Gasteiger partial charge is 0.497 e. The van der Waals surface area contributed by atoms with Crippen LogP contribution in [0.15, 0.2) is 54.6 Å². The van der Waals surface area contributed by atoms with E-state index >= 15 is 0 Å². The lowest BCUT2D eigenvalue weighted by Crippen LogP contribution is -2.51. The smallest absolute Gasteiger partial charge is 0.407 e. The number of alkyl carbamates (subject to hydrolysis) is 1. The molecule has 1 amide bonds. The molecule has 168 valence electrons. The van der Waals surface area contributed by atoms with Gasteiger partial charge in [0.25, 0.3) is 0 Å². The molecule has 0 radical (unpaired) electrons. The number of amides is 1. The van der Waals surface area contributed by atoms with Crippen molar-refractivity contribution in [2.45, 2.75) is 63.3 Å². The highest BCUT2D eigenvalue weighted by molar-refractivity contribution is 5.68. The second-order valence-corrected chi connectivity index (χ2v) is 9.20. The highest BCUT2D eigenvalue weighted by Gasteiger charge is 2.44. The first-order valence-electron chi connectivity index (χ1n) is 10.8. The Bertz CT molecular complexity index is 859. The Hall–Kier alpha value is -2.57. The molecule has 3 rings (SSSR count).